The van der Waals surface area contributed by atoms with Crippen molar-refractivity contribution >= 4 is 6.29 Å². The fraction of sp³-hybridized carbons (Fsp3) is 0.441. The number of benzene rings is 3. The van der Waals surface area contributed by atoms with E-state index in [1.54, 1.807) is 12.1 Å². The van der Waals surface area contributed by atoms with Crippen molar-refractivity contribution < 1.29 is 23.0 Å². The molecule has 4 atom stereocenters. The van der Waals surface area contributed by atoms with Gasteiger partial charge in [0.15, 0.2) is 0 Å². The molecule has 3 aliphatic rings. The zero-order valence-corrected chi connectivity index (χ0v) is 23.2. The fourth-order valence-corrected chi connectivity index (χ4v) is 7.72. The van der Waals surface area contributed by atoms with Gasteiger partial charge in [-0.2, -0.15) is 0 Å². The molecule has 1 spiro atoms. The van der Waals surface area contributed by atoms with Gasteiger partial charge in [-0.05, 0) is 102 Å². The van der Waals surface area contributed by atoms with Crippen LogP contribution < -0.4 is 9.47 Å². The summed E-state index contributed by atoms with van der Waals surface area (Å²) in [5.74, 6) is 0.826. The molecule has 204 valence electrons. The highest BCUT2D eigenvalue weighted by molar-refractivity contribution is 5.72. The maximum atomic E-state index is 16.0. The standard InChI is InChI=1S/C34H36F2O3/c1-20-29(18-37)34(20)13-11-22-7-8-24(17-28(22)34)39-19-21-14-25(27-6-5-12-33(27,2)3)32(31(36)15-21)26-16-23(38-4)9-10-30(26)35/h7-10,14-18,20,27,29H,5-6,11-13,19H2,1-4H3. The van der Waals surface area contributed by atoms with Crippen molar-refractivity contribution in [2.75, 3.05) is 7.11 Å². The number of halogens is 2. The van der Waals surface area contributed by atoms with Gasteiger partial charge in [0.2, 0.25) is 0 Å². The quantitative estimate of drug-likeness (QED) is 0.289. The molecule has 0 radical (unpaired) electrons. The number of fused-ring (bicyclic) bond motifs is 2. The summed E-state index contributed by atoms with van der Waals surface area (Å²) in [4.78, 5) is 11.7. The van der Waals surface area contributed by atoms with Crippen molar-refractivity contribution in [3.05, 3.63) is 82.4 Å². The predicted molar refractivity (Wildman–Crippen MR) is 148 cm³/mol. The summed E-state index contributed by atoms with van der Waals surface area (Å²) in [5.41, 5.74) is 4.54. The Morgan fingerprint density at radius 1 is 1.00 bits per heavy atom. The van der Waals surface area contributed by atoms with Crippen molar-refractivity contribution in [1.29, 1.82) is 0 Å². The number of rotatable bonds is 7. The first kappa shape index (κ1) is 26.0. The van der Waals surface area contributed by atoms with Crippen LogP contribution in [0.5, 0.6) is 11.5 Å². The van der Waals surface area contributed by atoms with E-state index in [-0.39, 0.29) is 34.8 Å². The maximum Gasteiger partial charge on any atom is 0.131 e. The minimum atomic E-state index is -0.467. The predicted octanol–water partition coefficient (Wildman–Crippen LogP) is 8.16. The molecule has 0 aliphatic heterocycles. The van der Waals surface area contributed by atoms with Gasteiger partial charge in [0, 0.05) is 22.5 Å². The van der Waals surface area contributed by atoms with Crippen LogP contribution in [-0.2, 0) is 23.2 Å². The largest absolute Gasteiger partial charge is 0.497 e. The topological polar surface area (TPSA) is 35.5 Å². The molecule has 2 fully saturated rings. The van der Waals surface area contributed by atoms with Crippen molar-refractivity contribution in [3.8, 4) is 22.6 Å². The molecule has 3 aromatic rings. The highest BCUT2D eigenvalue weighted by Gasteiger charge is 2.64. The van der Waals surface area contributed by atoms with Gasteiger partial charge in [0.05, 0.1) is 7.11 Å². The molecular weight excluding hydrogens is 494 g/mol. The summed E-state index contributed by atoms with van der Waals surface area (Å²) in [5, 5.41) is 0. The highest BCUT2D eigenvalue weighted by Crippen LogP contribution is 2.65. The van der Waals surface area contributed by atoms with Gasteiger partial charge in [-0.1, -0.05) is 39.3 Å². The van der Waals surface area contributed by atoms with Crippen LogP contribution in [-0.4, -0.2) is 13.4 Å². The number of aldehydes is 1. The van der Waals surface area contributed by atoms with E-state index in [2.05, 4.69) is 32.9 Å². The lowest BCUT2D eigenvalue weighted by Crippen LogP contribution is -2.17. The van der Waals surface area contributed by atoms with Crippen LogP contribution in [0, 0.1) is 28.9 Å². The number of aryl methyl sites for hydroxylation is 1. The summed E-state index contributed by atoms with van der Waals surface area (Å²) >= 11 is 0. The van der Waals surface area contributed by atoms with Crippen LogP contribution in [0.4, 0.5) is 8.78 Å². The molecule has 39 heavy (non-hydrogen) atoms. The van der Waals surface area contributed by atoms with Crippen LogP contribution in [0.3, 0.4) is 0 Å². The van der Waals surface area contributed by atoms with E-state index in [4.69, 9.17) is 9.47 Å². The van der Waals surface area contributed by atoms with E-state index >= 15 is 8.78 Å². The van der Waals surface area contributed by atoms with Gasteiger partial charge in [0.1, 0.15) is 36.0 Å². The second-order valence-electron chi connectivity index (χ2n) is 12.4. The molecule has 0 aromatic heterocycles. The molecule has 0 bridgehead atoms. The first-order valence-electron chi connectivity index (χ1n) is 14.1. The van der Waals surface area contributed by atoms with Gasteiger partial charge < -0.3 is 14.3 Å². The third-order valence-electron chi connectivity index (χ3n) is 10.0. The Hall–Kier alpha value is -3.21. The average molecular weight is 531 g/mol. The van der Waals surface area contributed by atoms with E-state index in [9.17, 15) is 4.79 Å². The van der Waals surface area contributed by atoms with Crippen LogP contribution in [0.15, 0.2) is 48.5 Å². The highest BCUT2D eigenvalue weighted by atomic mass is 19.1. The minimum absolute atomic E-state index is 0.0274. The SMILES string of the molecule is COc1ccc(F)c(-c2c(F)cc(COc3ccc4c(c3)C3(CC4)C(C)C3C=O)cc2C2CCCC2(C)C)c1. The number of ether oxygens (including phenoxy) is 2. The van der Waals surface area contributed by atoms with Crippen LogP contribution in [0.25, 0.3) is 11.1 Å². The normalized spacial score (nSPS) is 26.5. The lowest BCUT2D eigenvalue weighted by molar-refractivity contribution is -0.109. The minimum Gasteiger partial charge on any atom is -0.497 e. The molecule has 2 saturated carbocycles. The van der Waals surface area contributed by atoms with Gasteiger partial charge in [0.25, 0.3) is 0 Å². The number of carbonyl (C=O) groups excluding carboxylic acids is 1. The van der Waals surface area contributed by atoms with Crippen LogP contribution in [0.1, 0.15) is 74.6 Å². The molecule has 6 rings (SSSR count). The number of hydrogen-bond donors (Lipinski definition) is 0. The summed E-state index contributed by atoms with van der Waals surface area (Å²) in [6.07, 6.45) is 6.12. The lowest BCUT2D eigenvalue weighted by Gasteiger charge is -2.30. The Bertz CT molecular complexity index is 1440. The third kappa shape index (κ3) is 4.16. The fourth-order valence-electron chi connectivity index (χ4n) is 7.72. The number of methoxy groups -OCH3 is 1. The molecule has 0 N–H and O–H groups in total. The van der Waals surface area contributed by atoms with E-state index in [1.807, 2.05) is 12.1 Å². The Balaban J connectivity index is 1.35. The van der Waals surface area contributed by atoms with Crippen molar-refractivity contribution in [2.45, 2.75) is 70.8 Å². The molecule has 3 nitrogen and oxygen atoms in total. The second-order valence-corrected chi connectivity index (χ2v) is 12.4. The summed E-state index contributed by atoms with van der Waals surface area (Å²) in [7, 11) is 1.53. The van der Waals surface area contributed by atoms with E-state index < -0.39 is 11.6 Å². The lowest BCUT2D eigenvalue weighted by atomic mass is 9.75. The van der Waals surface area contributed by atoms with E-state index in [0.717, 1.165) is 55.3 Å². The molecule has 0 saturated heterocycles. The molecule has 3 aliphatic carbocycles. The Morgan fingerprint density at radius 2 is 1.79 bits per heavy atom. The van der Waals surface area contributed by atoms with Crippen molar-refractivity contribution in [2.24, 2.45) is 17.3 Å². The third-order valence-corrected chi connectivity index (χ3v) is 10.0. The van der Waals surface area contributed by atoms with Gasteiger partial charge in [-0.15, -0.1) is 0 Å². The molecule has 4 unspecified atom stereocenters. The van der Waals surface area contributed by atoms with E-state index in [1.165, 1.54) is 30.4 Å². The van der Waals surface area contributed by atoms with Crippen LogP contribution in [0.2, 0.25) is 0 Å². The zero-order valence-electron chi connectivity index (χ0n) is 23.2. The summed E-state index contributed by atoms with van der Waals surface area (Å²) in [6.45, 7) is 6.78. The summed E-state index contributed by atoms with van der Waals surface area (Å²) < 4.78 is 42.6. The Morgan fingerprint density at radius 3 is 2.49 bits per heavy atom. The molecule has 0 heterocycles. The number of carbonyl (C=O) groups is 1. The Labute approximate surface area is 229 Å². The van der Waals surface area contributed by atoms with Crippen LogP contribution >= 0.6 is 0 Å². The molecule has 0 amide bonds. The maximum absolute atomic E-state index is 16.0. The molecule has 3 aromatic carbocycles. The smallest absolute Gasteiger partial charge is 0.131 e. The first-order chi connectivity index (χ1) is 18.7. The monoisotopic (exact) mass is 530 g/mol. The Kier molecular flexibility index (Phi) is 6.32. The van der Waals surface area contributed by atoms with Gasteiger partial charge >= 0.3 is 0 Å². The summed E-state index contributed by atoms with van der Waals surface area (Å²) in [6, 6.07) is 14.1. The van der Waals surface area contributed by atoms with Crippen molar-refractivity contribution in [1.82, 2.24) is 0 Å². The zero-order chi connectivity index (χ0) is 27.5. The van der Waals surface area contributed by atoms with Gasteiger partial charge in [-0.25, -0.2) is 8.78 Å². The second kappa shape index (κ2) is 9.46. The average Bonchev–Trinajstić information content (AvgIpc) is 3.14. The van der Waals surface area contributed by atoms with Crippen molar-refractivity contribution in [3.63, 3.8) is 0 Å². The number of hydrogen-bond acceptors (Lipinski definition) is 3. The molecule has 5 heteroatoms. The first-order valence-corrected chi connectivity index (χ1v) is 14.1. The van der Waals surface area contributed by atoms with E-state index in [0.29, 0.717) is 17.2 Å². The van der Waals surface area contributed by atoms with Gasteiger partial charge in [-0.3, -0.25) is 0 Å². The molecular formula is C34H36F2O3.